The summed E-state index contributed by atoms with van der Waals surface area (Å²) < 4.78 is 43.4. The average molecular weight is 461 g/mol. The molecular formula is C22H28F2N7O2+. The number of nitrogens with two attached hydrogens (primary N) is 1. The van der Waals surface area contributed by atoms with E-state index in [1.807, 2.05) is 13.0 Å². The molecule has 1 fully saturated rings. The van der Waals surface area contributed by atoms with Crippen molar-refractivity contribution in [3.8, 4) is 23.0 Å². The number of aromatic nitrogens is 4. The van der Waals surface area contributed by atoms with Gasteiger partial charge in [0, 0.05) is 23.4 Å². The Labute approximate surface area is 190 Å². The molecule has 1 saturated heterocycles. The lowest BCUT2D eigenvalue weighted by molar-refractivity contribution is -0.581. The number of nitrogen functional groups attached to an aromatic ring is 1. The molecule has 0 spiro atoms. The van der Waals surface area contributed by atoms with Crippen LogP contribution in [0.25, 0.3) is 16.6 Å². The summed E-state index contributed by atoms with van der Waals surface area (Å²) in [5, 5.41) is 8.06. The fourth-order valence-electron chi connectivity index (χ4n) is 4.20. The Bertz CT molecular complexity index is 1220. The first kappa shape index (κ1) is 22.7. The quantitative estimate of drug-likeness (QED) is 0.344. The number of methoxy groups -OCH3 is 2. The van der Waals surface area contributed by atoms with Gasteiger partial charge >= 0.3 is 11.8 Å². The van der Waals surface area contributed by atoms with E-state index in [0.29, 0.717) is 29.2 Å². The third kappa shape index (κ3) is 3.61. The Morgan fingerprint density at radius 1 is 1.24 bits per heavy atom. The van der Waals surface area contributed by atoms with E-state index in [0.717, 1.165) is 11.1 Å². The third-order valence-electron chi connectivity index (χ3n) is 6.18. The van der Waals surface area contributed by atoms with E-state index in [9.17, 15) is 8.78 Å². The normalized spacial score (nSPS) is 16.9. The van der Waals surface area contributed by atoms with Gasteiger partial charge in [0.05, 0.1) is 37.9 Å². The number of hydrogen-bond donors (Lipinski definition) is 2. The minimum atomic E-state index is -2.89. The van der Waals surface area contributed by atoms with Gasteiger partial charge in [-0.2, -0.15) is 9.67 Å². The highest BCUT2D eigenvalue weighted by molar-refractivity contribution is 5.78. The van der Waals surface area contributed by atoms with Crippen LogP contribution in [0.3, 0.4) is 0 Å². The van der Waals surface area contributed by atoms with Gasteiger partial charge < -0.3 is 15.2 Å². The molecule has 176 valence electrons. The van der Waals surface area contributed by atoms with Gasteiger partial charge in [0.15, 0.2) is 5.52 Å². The van der Waals surface area contributed by atoms with E-state index in [4.69, 9.17) is 20.6 Å². The molecule has 4 heterocycles. The van der Waals surface area contributed by atoms with E-state index < -0.39 is 17.9 Å². The van der Waals surface area contributed by atoms with Crippen molar-refractivity contribution >= 4 is 17.3 Å². The van der Waals surface area contributed by atoms with Crippen molar-refractivity contribution in [1.29, 1.82) is 5.41 Å². The van der Waals surface area contributed by atoms with Crippen LogP contribution >= 0.6 is 0 Å². The lowest BCUT2D eigenvalue weighted by Gasteiger charge is -2.21. The predicted molar refractivity (Wildman–Crippen MR) is 119 cm³/mol. The van der Waals surface area contributed by atoms with Gasteiger partial charge in [-0.1, -0.05) is 20.8 Å². The minimum absolute atomic E-state index is 0.131. The Morgan fingerprint density at radius 2 is 1.97 bits per heavy atom. The molecular weight excluding hydrogens is 432 g/mol. The molecule has 0 bridgehead atoms. The van der Waals surface area contributed by atoms with Crippen molar-refractivity contribution < 1.29 is 22.8 Å². The zero-order valence-corrected chi connectivity index (χ0v) is 19.3. The number of nitrogens with one attached hydrogen (secondary N) is 1. The van der Waals surface area contributed by atoms with E-state index >= 15 is 0 Å². The highest BCUT2D eigenvalue weighted by atomic mass is 19.3. The smallest absolute Gasteiger partial charge is 0.319 e. The van der Waals surface area contributed by atoms with E-state index in [1.54, 1.807) is 41.7 Å². The second-order valence-electron chi connectivity index (χ2n) is 8.76. The Hall–Kier alpha value is -3.50. The summed E-state index contributed by atoms with van der Waals surface area (Å²) >= 11 is 0. The van der Waals surface area contributed by atoms with E-state index in [1.165, 1.54) is 18.9 Å². The molecule has 3 N–H and O–H groups in total. The number of anilines is 1. The van der Waals surface area contributed by atoms with Gasteiger partial charge in [0.1, 0.15) is 6.54 Å². The van der Waals surface area contributed by atoms with Crippen LogP contribution < -0.4 is 24.6 Å². The van der Waals surface area contributed by atoms with Crippen LogP contribution in [0.1, 0.15) is 26.3 Å². The van der Waals surface area contributed by atoms with Crippen LogP contribution in [-0.2, 0) is 6.42 Å². The third-order valence-corrected chi connectivity index (χ3v) is 6.18. The number of rotatable bonds is 5. The number of halogens is 2. The lowest BCUT2D eigenvalue weighted by Crippen LogP contribution is -2.45. The predicted octanol–water partition coefficient (Wildman–Crippen LogP) is 2.49. The van der Waals surface area contributed by atoms with Crippen LogP contribution in [0.15, 0.2) is 24.5 Å². The average Bonchev–Trinajstić information content (AvgIpc) is 3.25. The molecule has 4 rings (SSSR count). The number of pyridine rings is 1. The molecule has 0 saturated carbocycles. The summed E-state index contributed by atoms with van der Waals surface area (Å²) in [5.74, 6) is -2.32. The largest absolute Gasteiger partial charge is 0.480 e. The molecule has 0 amide bonds. The first-order chi connectivity index (χ1) is 15.5. The molecule has 0 unspecified atom stereocenters. The molecule has 33 heavy (non-hydrogen) atoms. The molecule has 9 nitrogen and oxygen atoms in total. The van der Waals surface area contributed by atoms with Crippen molar-refractivity contribution in [2.75, 3.05) is 32.2 Å². The SMILES string of the molecule is CCc1cn(C(=N)N)[n+]2c(N3CC(C)(C)C(F)(F)C3)cc(-c3cnc(OC)nc3OC)cc12. The first-order valence-electron chi connectivity index (χ1n) is 10.6. The number of aryl methyl sites for hydroxylation is 1. The summed E-state index contributed by atoms with van der Waals surface area (Å²) in [6, 6.07) is 3.83. The molecule has 0 radical (unpaired) electrons. The standard InChI is InChI=1S/C22H28F2N7O2/c1-6-13-10-30(19(25)26)31-16(13)7-14(15-9-27-20(33-5)28-18(15)32-4)8-17(31)29-11-21(2,3)22(23,24)12-29/h7-10H,6,11-12H2,1-5H3,(H3,25,26)/q+1. The Kier molecular flexibility index (Phi) is 5.38. The maximum atomic E-state index is 14.8. The summed E-state index contributed by atoms with van der Waals surface area (Å²) in [5.41, 5.74) is 7.56. The zero-order valence-electron chi connectivity index (χ0n) is 19.3. The van der Waals surface area contributed by atoms with Crippen molar-refractivity contribution in [2.24, 2.45) is 11.1 Å². The fraction of sp³-hybridized carbons (Fsp3) is 0.455. The molecule has 0 aliphatic carbocycles. The van der Waals surface area contributed by atoms with E-state index in [-0.39, 0.29) is 18.5 Å². The van der Waals surface area contributed by atoms with Gasteiger partial charge in [-0.25, -0.2) is 13.8 Å². The van der Waals surface area contributed by atoms with Crippen LogP contribution in [-0.4, -0.2) is 53.8 Å². The summed E-state index contributed by atoms with van der Waals surface area (Å²) in [4.78, 5) is 10.1. The molecule has 0 atom stereocenters. The molecule has 3 aromatic heterocycles. The van der Waals surface area contributed by atoms with Gasteiger partial charge in [0.25, 0.3) is 5.92 Å². The van der Waals surface area contributed by atoms with Crippen molar-refractivity contribution in [1.82, 2.24) is 14.6 Å². The lowest BCUT2D eigenvalue weighted by atomic mass is 9.89. The van der Waals surface area contributed by atoms with Gasteiger partial charge in [-0.3, -0.25) is 10.3 Å². The van der Waals surface area contributed by atoms with Gasteiger partial charge in [-0.15, -0.1) is 4.52 Å². The van der Waals surface area contributed by atoms with Gasteiger partial charge in [0.2, 0.25) is 11.8 Å². The topological polar surface area (TPSA) is 106 Å². The summed E-state index contributed by atoms with van der Waals surface area (Å²) in [6.07, 6.45) is 3.99. The number of alkyl halides is 2. The number of nitrogens with zero attached hydrogens (tertiary/aromatic N) is 5. The molecule has 1 aliphatic heterocycles. The monoisotopic (exact) mass is 460 g/mol. The number of ether oxygens (including phenoxy) is 2. The highest BCUT2D eigenvalue weighted by Crippen LogP contribution is 2.44. The molecule has 0 aromatic carbocycles. The second-order valence-corrected chi connectivity index (χ2v) is 8.76. The van der Waals surface area contributed by atoms with Crippen molar-refractivity contribution in [3.05, 3.63) is 30.1 Å². The molecule has 11 heteroatoms. The number of hydrogen-bond acceptors (Lipinski definition) is 6. The van der Waals surface area contributed by atoms with Gasteiger partial charge in [-0.05, 0) is 12.5 Å². The van der Waals surface area contributed by atoms with Crippen molar-refractivity contribution in [3.63, 3.8) is 0 Å². The maximum absolute atomic E-state index is 14.8. The minimum Gasteiger partial charge on any atom is -0.480 e. The van der Waals surface area contributed by atoms with Crippen molar-refractivity contribution in [2.45, 2.75) is 33.1 Å². The Morgan fingerprint density at radius 3 is 2.52 bits per heavy atom. The summed E-state index contributed by atoms with van der Waals surface area (Å²) in [7, 11) is 2.95. The second kappa shape index (κ2) is 7.82. The van der Waals surface area contributed by atoms with Crippen LogP contribution in [0.4, 0.5) is 14.6 Å². The summed E-state index contributed by atoms with van der Waals surface area (Å²) in [6.45, 7) is 4.77. The maximum Gasteiger partial charge on any atom is 0.319 e. The molecule has 1 aliphatic rings. The fourth-order valence-corrected chi connectivity index (χ4v) is 4.20. The molecule has 3 aromatic rings. The highest BCUT2D eigenvalue weighted by Gasteiger charge is 2.58. The van der Waals surface area contributed by atoms with Crippen LogP contribution in [0.5, 0.6) is 11.9 Å². The zero-order chi connectivity index (χ0) is 24.1. The Balaban J connectivity index is 2.02. The first-order valence-corrected chi connectivity index (χ1v) is 10.6. The van der Waals surface area contributed by atoms with E-state index in [2.05, 4.69) is 9.97 Å². The van der Waals surface area contributed by atoms with Crippen LogP contribution in [0.2, 0.25) is 0 Å². The van der Waals surface area contributed by atoms with Crippen LogP contribution in [0, 0.1) is 10.8 Å². The number of fused-ring (bicyclic) bond motifs is 1.